The zero-order valence-corrected chi connectivity index (χ0v) is 6.44. The monoisotopic (exact) mass is 159 g/mol. The van der Waals surface area contributed by atoms with Crippen LogP contribution in [0.1, 0.15) is 5.56 Å². The average Bonchev–Trinajstić information content (AvgIpc) is 1.89. The molecular weight excluding hydrogens is 150 g/mol. The fourth-order valence-electron chi connectivity index (χ4n) is 0.679. The number of aryl methyl sites for hydroxylation is 1. The predicted molar refractivity (Wildman–Crippen MR) is 44.3 cm³/mol. The van der Waals surface area contributed by atoms with E-state index < -0.39 is 0 Å². The van der Waals surface area contributed by atoms with Crippen molar-refractivity contribution in [2.75, 3.05) is 4.84 Å². The van der Waals surface area contributed by atoms with Crippen molar-refractivity contribution in [1.82, 2.24) is 0 Å². The molecule has 0 heterocycles. The number of halogens is 1. The normalized spacial score (nSPS) is 8.20. The van der Waals surface area contributed by atoms with E-state index in [-0.39, 0.29) is 5.48 Å². The summed E-state index contributed by atoms with van der Waals surface area (Å²) in [5.41, 5.74) is 2.13. The van der Waals surface area contributed by atoms with Gasteiger partial charge in [-0.2, -0.15) is 0 Å². The molecule has 1 rings (SSSR count). The van der Waals surface area contributed by atoms with Crippen LogP contribution < -0.4 is 4.84 Å². The van der Waals surface area contributed by atoms with E-state index in [0.717, 1.165) is 11.3 Å². The fraction of sp³-hybridized carbons (Fsp3) is 0.143. The van der Waals surface area contributed by atoms with Crippen molar-refractivity contribution in [3.05, 3.63) is 29.8 Å². The molecule has 1 aromatic rings. The van der Waals surface area contributed by atoms with Gasteiger partial charge in [0.25, 0.3) is 0 Å². The molecule has 0 saturated heterocycles. The van der Waals surface area contributed by atoms with Crippen LogP contribution in [0.5, 0.6) is 0 Å². The summed E-state index contributed by atoms with van der Waals surface area (Å²) < 4.78 is 0. The van der Waals surface area contributed by atoms with Gasteiger partial charge in [0.2, 0.25) is 0 Å². The van der Waals surface area contributed by atoms with Crippen molar-refractivity contribution in [2.24, 2.45) is 0 Å². The average molecular weight is 160 g/mol. The molecule has 2 nitrogen and oxygen atoms in total. The van der Waals surface area contributed by atoms with Crippen LogP contribution in [0, 0.1) is 6.92 Å². The van der Waals surface area contributed by atoms with E-state index >= 15 is 0 Å². The number of rotatable bonds is 1. The Morgan fingerprint density at radius 3 is 2.30 bits per heavy atom. The highest BCUT2D eigenvalue weighted by atomic mass is 35.5. The lowest BCUT2D eigenvalue weighted by Gasteiger charge is -1.99. The zero-order chi connectivity index (χ0) is 6.69. The minimum absolute atomic E-state index is 0. The fourth-order valence-corrected chi connectivity index (χ4v) is 0.891. The van der Waals surface area contributed by atoms with Gasteiger partial charge >= 0.3 is 0 Å². The van der Waals surface area contributed by atoms with Gasteiger partial charge in [0.05, 0.1) is 5.69 Å². The quantitative estimate of drug-likeness (QED) is 0.624. The first kappa shape index (κ1) is 9.27. The van der Waals surface area contributed by atoms with Gasteiger partial charge in [0.1, 0.15) is 0 Å². The van der Waals surface area contributed by atoms with Crippen molar-refractivity contribution in [2.45, 2.75) is 6.92 Å². The molecule has 0 aliphatic carbocycles. The highest BCUT2D eigenvalue weighted by Gasteiger charge is 1.89. The molecule has 56 valence electrons. The summed E-state index contributed by atoms with van der Waals surface area (Å²) in [6.45, 7) is 2.00. The van der Waals surface area contributed by atoms with Gasteiger partial charge in [0.15, 0.2) is 0 Å². The number of para-hydroxylation sites is 1. The van der Waals surface area contributed by atoms with E-state index in [1.54, 1.807) is 0 Å². The Balaban J connectivity index is 0.000000810. The molecule has 0 bridgehead atoms. The molecule has 0 aliphatic heterocycles. The van der Waals surface area contributed by atoms with Gasteiger partial charge < -0.3 is 5.48 Å². The second-order valence-electron chi connectivity index (χ2n) is 1.91. The first-order valence-electron chi connectivity index (χ1n) is 2.77. The minimum Gasteiger partial charge on any atom is -0.412 e. The third-order valence-corrected chi connectivity index (χ3v) is 1.45. The maximum absolute atomic E-state index is 5.38. The molecule has 3 heteroatoms. The van der Waals surface area contributed by atoms with Gasteiger partial charge in [-0.3, -0.25) is 4.84 Å². The summed E-state index contributed by atoms with van der Waals surface area (Å²) in [5, 5.41) is 0. The summed E-state index contributed by atoms with van der Waals surface area (Å²) in [7, 11) is 0. The molecule has 0 aliphatic rings. The van der Waals surface area contributed by atoms with Gasteiger partial charge in [-0.1, -0.05) is 18.2 Å². The highest BCUT2D eigenvalue weighted by molar-refractivity contribution is 6.24. The first-order chi connectivity index (χ1) is 4.34. The largest absolute Gasteiger partial charge is 0.412 e. The van der Waals surface area contributed by atoms with Gasteiger partial charge in [-0.15, -0.1) is 0 Å². The molecule has 0 unspecified atom stereocenters. The molecule has 10 heavy (non-hydrogen) atoms. The van der Waals surface area contributed by atoms with E-state index in [9.17, 15) is 0 Å². The lowest BCUT2D eigenvalue weighted by molar-refractivity contribution is 0.824. The topological polar surface area (TPSA) is 43.5 Å². The molecule has 1 aromatic carbocycles. The molecule has 3 N–H and O–H groups in total. The minimum atomic E-state index is 0. The Kier molecular flexibility index (Phi) is 3.84. The number of nitrogens with one attached hydrogen (secondary N) is 1. The predicted octanol–water partition coefficient (Wildman–Crippen LogP) is 1.74. The van der Waals surface area contributed by atoms with Crippen LogP contribution in [-0.4, -0.2) is 5.48 Å². The molecule has 0 aromatic heterocycles. The third-order valence-electron chi connectivity index (χ3n) is 1.25. The summed E-state index contributed by atoms with van der Waals surface area (Å²) in [4.78, 5) is 2.57. The van der Waals surface area contributed by atoms with Crippen LogP contribution in [0.15, 0.2) is 24.3 Å². The van der Waals surface area contributed by atoms with E-state index in [1.165, 1.54) is 0 Å². The van der Waals surface area contributed by atoms with Gasteiger partial charge in [-0.25, -0.2) is 0 Å². The maximum atomic E-state index is 5.38. The number of benzene rings is 1. The molecule has 0 spiro atoms. The summed E-state index contributed by atoms with van der Waals surface area (Å²) in [6, 6.07) is 7.86. The molecular formula is C7H10ClNO. The summed E-state index contributed by atoms with van der Waals surface area (Å²) in [6.07, 6.45) is 0. The lowest BCUT2D eigenvalue weighted by atomic mass is 10.2. The Morgan fingerprint density at radius 2 is 1.90 bits per heavy atom. The van der Waals surface area contributed by atoms with Crippen LogP contribution in [0.25, 0.3) is 0 Å². The molecule has 0 radical (unpaired) electrons. The Hall–Kier alpha value is -0.730. The third kappa shape index (κ3) is 1.90. The first-order valence-corrected chi connectivity index (χ1v) is 3.14. The van der Waals surface area contributed by atoms with E-state index in [1.807, 2.05) is 31.2 Å². The van der Waals surface area contributed by atoms with Crippen molar-refractivity contribution in [3.8, 4) is 0 Å². The van der Waals surface area contributed by atoms with Crippen LogP contribution in [-0.2, 0) is 0 Å². The zero-order valence-electron chi connectivity index (χ0n) is 5.69. The van der Waals surface area contributed by atoms with Crippen molar-refractivity contribution in [1.29, 1.82) is 0 Å². The van der Waals surface area contributed by atoms with Crippen LogP contribution in [0.4, 0.5) is 5.69 Å². The standard InChI is InChI=1S/C7H8ClN.H2O/c1-6-4-2-3-5-7(6)9-8;/h2-5,9H,1H3;1H2. The maximum Gasteiger partial charge on any atom is 0.0520 e. The van der Waals surface area contributed by atoms with Gasteiger partial charge in [0, 0.05) is 11.8 Å². The summed E-state index contributed by atoms with van der Waals surface area (Å²) in [5.74, 6) is 0. The van der Waals surface area contributed by atoms with Crippen LogP contribution in [0.2, 0.25) is 0 Å². The molecule has 0 amide bonds. The Morgan fingerprint density at radius 1 is 1.30 bits per heavy atom. The smallest absolute Gasteiger partial charge is 0.0520 e. The molecule has 0 fully saturated rings. The second-order valence-corrected chi connectivity index (χ2v) is 2.10. The van der Waals surface area contributed by atoms with E-state index in [0.29, 0.717) is 0 Å². The number of anilines is 1. The SMILES string of the molecule is Cc1ccccc1NCl.O. The molecule has 0 saturated carbocycles. The van der Waals surface area contributed by atoms with Crippen LogP contribution >= 0.6 is 11.8 Å². The lowest BCUT2D eigenvalue weighted by Crippen LogP contribution is -1.82. The Bertz CT molecular complexity index is 203. The van der Waals surface area contributed by atoms with E-state index in [2.05, 4.69) is 4.84 Å². The van der Waals surface area contributed by atoms with Gasteiger partial charge in [-0.05, 0) is 18.6 Å². The highest BCUT2D eigenvalue weighted by Crippen LogP contribution is 2.12. The number of hydrogen-bond acceptors (Lipinski definition) is 1. The summed E-state index contributed by atoms with van der Waals surface area (Å²) >= 11 is 5.38. The molecule has 0 atom stereocenters. The Labute approximate surface area is 65.2 Å². The number of hydrogen-bond donors (Lipinski definition) is 1. The second kappa shape index (κ2) is 4.14. The van der Waals surface area contributed by atoms with E-state index in [4.69, 9.17) is 11.8 Å². The van der Waals surface area contributed by atoms with Crippen molar-refractivity contribution < 1.29 is 5.48 Å². The van der Waals surface area contributed by atoms with Crippen molar-refractivity contribution in [3.63, 3.8) is 0 Å². The van der Waals surface area contributed by atoms with Crippen LogP contribution in [0.3, 0.4) is 0 Å². The van der Waals surface area contributed by atoms with Crippen molar-refractivity contribution >= 4 is 17.5 Å².